The van der Waals surface area contributed by atoms with Crippen molar-refractivity contribution in [1.82, 2.24) is 9.13 Å². The van der Waals surface area contributed by atoms with E-state index >= 15 is 0 Å². The fourth-order valence-corrected chi connectivity index (χ4v) is 16.4. The third kappa shape index (κ3) is 9.01. The Labute approximate surface area is 417 Å². The Kier molecular flexibility index (Phi) is 12.6. The van der Waals surface area contributed by atoms with Gasteiger partial charge in [-0.05, 0) is 167 Å². The number of benzene rings is 6. The molecule has 0 saturated carbocycles. The largest absolute Gasteiger partial charge is 0.456 e. The van der Waals surface area contributed by atoms with Crippen LogP contribution in [-0.2, 0) is 45.4 Å². The highest BCUT2D eigenvalue weighted by Gasteiger charge is 2.43. The molecule has 8 aromatic rings. The summed E-state index contributed by atoms with van der Waals surface area (Å²) >= 11 is 0. The number of fused-ring (bicyclic) bond motifs is 6. The van der Waals surface area contributed by atoms with Crippen LogP contribution in [0.1, 0.15) is 96.9 Å². The first-order valence-electron chi connectivity index (χ1n) is 25.3. The molecule has 70 heavy (non-hydrogen) atoms. The van der Waals surface area contributed by atoms with Gasteiger partial charge in [-0.3, -0.25) is 0 Å². The summed E-state index contributed by atoms with van der Waals surface area (Å²) < 4.78 is 30.3. The van der Waals surface area contributed by atoms with E-state index in [1.54, 1.807) is 0 Å². The van der Waals surface area contributed by atoms with Crippen molar-refractivity contribution in [2.75, 3.05) is 0 Å². The summed E-state index contributed by atoms with van der Waals surface area (Å²) in [4.78, 5) is 0. The number of nitrogens with zero attached hydrogens (tertiary/aromatic N) is 4. The van der Waals surface area contributed by atoms with Gasteiger partial charge in [0.05, 0.1) is 27.2 Å². The number of aryl methyl sites for hydroxylation is 10. The fourth-order valence-electron chi connectivity index (χ4n) is 10.8. The monoisotopic (exact) mass is 964 g/mol. The Morgan fingerprint density at radius 3 is 1.16 bits per heavy atom. The molecule has 0 atom stereocenters. The minimum absolute atomic E-state index is 0.370. The van der Waals surface area contributed by atoms with Gasteiger partial charge in [0.15, 0.2) is 0 Å². The molecule has 0 N–H and O–H groups in total. The lowest BCUT2D eigenvalue weighted by atomic mass is 9.74. The van der Waals surface area contributed by atoms with Gasteiger partial charge in [-0.25, -0.2) is 18.3 Å². The van der Waals surface area contributed by atoms with Gasteiger partial charge in [-0.15, -0.1) is 0 Å². The molecule has 0 amide bonds. The molecule has 5 heterocycles. The van der Waals surface area contributed by atoms with Crippen molar-refractivity contribution in [3.63, 3.8) is 0 Å². The third-order valence-electron chi connectivity index (χ3n) is 14.6. The van der Waals surface area contributed by atoms with Crippen LogP contribution in [-0.4, -0.2) is 9.13 Å². The summed E-state index contributed by atoms with van der Waals surface area (Å²) in [6.07, 6.45) is 21.8. The molecule has 3 aliphatic heterocycles. The van der Waals surface area contributed by atoms with Crippen LogP contribution in [0.25, 0.3) is 0 Å². The van der Waals surface area contributed by atoms with Gasteiger partial charge in [0.1, 0.15) is 59.3 Å². The fraction of sp³-hybridized carbons (Fsp3) is 0.311. The number of unbranched alkanes of at least 4 members (excludes halogenated alkanes) is 4. The maximum Gasteiger partial charge on any atom is 0.243 e. The summed E-state index contributed by atoms with van der Waals surface area (Å²) in [5, 5.41) is 7.57. The normalized spacial score (nSPS) is 14.3. The first kappa shape index (κ1) is 46.4. The minimum Gasteiger partial charge on any atom is -0.456 e. The highest BCUT2D eigenvalue weighted by atomic mass is 31.1. The molecule has 0 unspecified atom stereocenters. The molecule has 7 nitrogen and oxygen atoms in total. The van der Waals surface area contributed by atoms with Gasteiger partial charge >= 0.3 is 0 Å². The van der Waals surface area contributed by atoms with Gasteiger partial charge in [0.25, 0.3) is 0 Å². The van der Waals surface area contributed by atoms with E-state index in [1.807, 2.05) is 0 Å². The molecule has 0 saturated heterocycles. The van der Waals surface area contributed by atoms with Crippen molar-refractivity contribution in [2.45, 2.75) is 111 Å². The molecule has 0 spiro atoms. The summed E-state index contributed by atoms with van der Waals surface area (Å²) in [5.41, 5.74) is 9.89. The molecular weight excluding hydrogens is 899 g/mol. The highest BCUT2D eigenvalue weighted by Crippen LogP contribution is 2.56. The molecule has 9 heteroatoms. The Morgan fingerprint density at radius 2 is 0.814 bits per heavy atom. The lowest BCUT2D eigenvalue weighted by molar-refractivity contribution is -0.671. The molecule has 11 rings (SSSR count). The van der Waals surface area contributed by atoms with E-state index < -0.39 is 15.8 Å². The van der Waals surface area contributed by atoms with E-state index in [1.165, 1.54) is 76.3 Å². The standard InChI is InChI=1S/C61H66N4O3P2/c1-41-17-21-49-53(31-41)69(54-32-42(2)18-22-50(54)66-49)57-37-45(15-11-9-13-25-64-29-27-62(7)39-64)35-47-59(57)68-60-48(61(47,5)6)36-46(16-12-10-14-26-65-30-28-63(8)40-65)38-58(60)70-55-33-43(3)19-23-51(55)67-52-24-20-44(4)34-56(52)70/h17-24,27-40H,9-16,25-26H2,1-8H3/q+2. The van der Waals surface area contributed by atoms with Crippen LogP contribution in [0.15, 0.2) is 135 Å². The molecule has 2 aromatic heterocycles. The van der Waals surface area contributed by atoms with Crippen LogP contribution in [0.3, 0.4) is 0 Å². The van der Waals surface area contributed by atoms with Gasteiger partial charge in [-0.2, -0.15) is 0 Å². The molecule has 6 aromatic carbocycles. The summed E-state index contributed by atoms with van der Waals surface area (Å²) in [7, 11) is 2.05. The van der Waals surface area contributed by atoms with Crippen LogP contribution >= 0.6 is 15.8 Å². The van der Waals surface area contributed by atoms with Gasteiger partial charge in [0.2, 0.25) is 12.7 Å². The quantitative estimate of drug-likeness (QED) is 0.0620. The number of imidazole rings is 2. The van der Waals surface area contributed by atoms with Crippen LogP contribution in [0.2, 0.25) is 0 Å². The summed E-state index contributed by atoms with van der Waals surface area (Å²) in [6.45, 7) is 15.8. The van der Waals surface area contributed by atoms with Crippen LogP contribution in [0.4, 0.5) is 0 Å². The molecule has 356 valence electrons. The first-order chi connectivity index (χ1) is 33.9. The average molecular weight is 965 g/mol. The highest BCUT2D eigenvalue weighted by molar-refractivity contribution is 7.81. The van der Waals surface area contributed by atoms with Crippen molar-refractivity contribution in [3.8, 4) is 34.5 Å². The van der Waals surface area contributed by atoms with E-state index in [2.05, 4.69) is 208 Å². The number of hydrogen-bond acceptors (Lipinski definition) is 3. The SMILES string of the molecule is Cc1ccc2c(c1)P(c1cc(CCCCCn3cc[n+](C)c3)cc3c1Oc1c(P4c5cc(C)ccc5Oc5ccc(C)cc54)cc(CCCCCn4cc[n+](C)c4)cc1C3(C)C)c1cc(C)ccc1O2. The molecule has 3 aliphatic rings. The average Bonchev–Trinajstić information content (AvgIpc) is 3.96. The number of rotatable bonds is 14. The van der Waals surface area contributed by atoms with Gasteiger partial charge in [-0.1, -0.05) is 72.5 Å². The zero-order chi connectivity index (χ0) is 48.3. The van der Waals surface area contributed by atoms with E-state index in [0.29, 0.717) is 0 Å². The molecule has 0 aliphatic carbocycles. The maximum atomic E-state index is 7.90. The zero-order valence-corrected chi connectivity index (χ0v) is 44.0. The first-order valence-corrected chi connectivity index (χ1v) is 28.0. The van der Waals surface area contributed by atoms with Crippen molar-refractivity contribution in [3.05, 3.63) is 179 Å². The van der Waals surface area contributed by atoms with Crippen molar-refractivity contribution < 1.29 is 23.3 Å². The lowest BCUT2D eigenvalue weighted by Gasteiger charge is -2.40. The van der Waals surface area contributed by atoms with Gasteiger partial charge in [0, 0.05) is 48.4 Å². The second-order valence-electron chi connectivity index (χ2n) is 20.7. The Hall–Kier alpha value is -6.00. The van der Waals surface area contributed by atoms with Crippen molar-refractivity contribution >= 4 is 47.7 Å². The number of hydrogen-bond donors (Lipinski definition) is 0. The predicted octanol–water partition coefficient (Wildman–Crippen LogP) is 11.2. The smallest absolute Gasteiger partial charge is 0.243 e. The second-order valence-corrected chi connectivity index (χ2v) is 25.0. The topological polar surface area (TPSA) is 45.3 Å². The van der Waals surface area contributed by atoms with E-state index in [-0.39, 0.29) is 5.41 Å². The lowest BCUT2D eigenvalue weighted by Crippen LogP contribution is -2.35. The Bertz CT molecular complexity index is 2970. The van der Waals surface area contributed by atoms with Crippen LogP contribution < -0.4 is 55.2 Å². The van der Waals surface area contributed by atoms with Gasteiger partial charge < -0.3 is 14.2 Å². The summed E-state index contributed by atoms with van der Waals surface area (Å²) in [5.74, 6) is 5.80. The van der Waals surface area contributed by atoms with Crippen LogP contribution in [0.5, 0.6) is 34.5 Å². The zero-order valence-electron chi connectivity index (χ0n) is 42.2. The Morgan fingerprint density at radius 1 is 0.443 bits per heavy atom. The van der Waals surface area contributed by atoms with E-state index in [4.69, 9.17) is 14.2 Å². The third-order valence-corrected chi connectivity index (χ3v) is 19.5. The number of ether oxygens (including phenoxy) is 3. The minimum atomic E-state index is -1.07. The summed E-state index contributed by atoms with van der Waals surface area (Å²) in [6, 6.07) is 37.0. The van der Waals surface area contributed by atoms with E-state index in [0.717, 1.165) is 99.0 Å². The second kappa shape index (κ2) is 19.0. The Balaban J connectivity index is 1.06. The van der Waals surface area contributed by atoms with Crippen LogP contribution in [0, 0.1) is 27.7 Å². The predicted molar refractivity (Wildman–Crippen MR) is 288 cm³/mol. The molecule has 0 radical (unpaired) electrons. The molecule has 0 bridgehead atoms. The van der Waals surface area contributed by atoms with Crippen molar-refractivity contribution in [1.29, 1.82) is 0 Å². The van der Waals surface area contributed by atoms with E-state index in [9.17, 15) is 0 Å². The molecule has 0 fully saturated rings. The van der Waals surface area contributed by atoms with Crippen molar-refractivity contribution in [2.24, 2.45) is 14.1 Å². The number of aromatic nitrogens is 4. The molecular formula is C61H66N4O3P2+2. The maximum absolute atomic E-state index is 7.90.